The summed E-state index contributed by atoms with van der Waals surface area (Å²) >= 11 is 0. The van der Waals surface area contributed by atoms with Crippen LogP contribution in [-0.2, 0) is 10.2 Å². The first kappa shape index (κ1) is 11.0. The van der Waals surface area contributed by atoms with Gasteiger partial charge < -0.3 is 0 Å². The Balaban J connectivity index is 2.71. The molecule has 0 amide bonds. The number of aromatic amines is 1. The second kappa shape index (κ2) is 3.98. The third-order valence-corrected chi connectivity index (χ3v) is 3.17. The van der Waals surface area contributed by atoms with Crippen LogP contribution < -0.4 is 4.72 Å². The smallest absolute Gasteiger partial charge is 0.195 e. The maximum atomic E-state index is 11.4. The van der Waals surface area contributed by atoms with Crippen LogP contribution in [0.2, 0.25) is 0 Å². The summed E-state index contributed by atoms with van der Waals surface area (Å²) in [4.78, 5) is 0. The molecule has 0 radical (unpaired) electrons. The molecule has 0 aliphatic carbocycles. The van der Waals surface area contributed by atoms with Crippen LogP contribution in [0.3, 0.4) is 0 Å². The lowest BCUT2D eigenvalue weighted by atomic mass is 10.4. The van der Waals surface area contributed by atoms with E-state index in [4.69, 9.17) is 0 Å². The largest absolute Gasteiger partial charge is 0.279 e. The summed E-state index contributed by atoms with van der Waals surface area (Å²) in [6.07, 6.45) is 0. The van der Waals surface area contributed by atoms with Crippen LogP contribution in [0, 0.1) is 0 Å². The Morgan fingerprint density at radius 2 is 2.14 bits per heavy atom. The third kappa shape index (κ3) is 2.47. The molecule has 0 aromatic carbocycles. The van der Waals surface area contributed by atoms with Gasteiger partial charge in [0, 0.05) is 14.1 Å². The highest BCUT2D eigenvalue weighted by atomic mass is 32.2. The van der Waals surface area contributed by atoms with E-state index in [9.17, 15) is 8.42 Å². The molecule has 1 rings (SSSR count). The minimum atomic E-state index is -3.46. The zero-order valence-corrected chi connectivity index (χ0v) is 8.91. The van der Waals surface area contributed by atoms with Crippen molar-refractivity contribution in [2.24, 2.45) is 0 Å². The van der Waals surface area contributed by atoms with Gasteiger partial charge in [-0.25, -0.2) is 0 Å². The summed E-state index contributed by atoms with van der Waals surface area (Å²) in [6.45, 7) is 1.63. The topological polar surface area (TPSA) is 104 Å². The monoisotopic (exact) mass is 220 g/mol. The normalized spacial score (nSPS) is 14.6. The number of aromatic nitrogens is 4. The van der Waals surface area contributed by atoms with Gasteiger partial charge in [-0.15, -0.1) is 10.2 Å². The van der Waals surface area contributed by atoms with Crippen molar-refractivity contribution in [1.29, 1.82) is 0 Å². The quantitative estimate of drug-likeness (QED) is 0.653. The average Bonchev–Trinajstić information content (AvgIpc) is 2.54. The van der Waals surface area contributed by atoms with Crippen molar-refractivity contribution < 1.29 is 8.42 Å². The van der Waals surface area contributed by atoms with Gasteiger partial charge in [0.1, 0.15) is 0 Å². The molecule has 0 saturated carbocycles. The van der Waals surface area contributed by atoms with Crippen LogP contribution in [0.1, 0.15) is 18.8 Å². The molecule has 1 heterocycles. The van der Waals surface area contributed by atoms with Gasteiger partial charge in [0.2, 0.25) is 0 Å². The van der Waals surface area contributed by atoms with E-state index in [1.165, 1.54) is 14.1 Å². The zero-order valence-electron chi connectivity index (χ0n) is 8.09. The number of tetrazole rings is 1. The molecule has 0 bridgehead atoms. The van der Waals surface area contributed by atoms with E-state index in [1.54, 1.807) is 6.92 Å². The molecule has 80 valence electrons. The molecule has 0 aliphatic rings. The van der Waals surface area contributed by atoms with Crippen LogP contribution in [0.4, 0.5) is 0 Å². The maximum absolute atomic E-state index is 11.4. The number of rotatable bonds is 4. The van der Waals surface area contributed by atoms with Crippen LogP contribution in [0.15, 0.2) is 0 Å². The standard InChI is InChI=1S/C5H12N6O2S/c1-4(5-6-9-10-7-5)8-14(12,13)11(2)3/h4,8H,1-3H3,(H,6,7,9,10). The van der Waals surface area contributed by atoms with Gasteiger partial charge in [0.25, 0.3) is 10.2 Å². The molecule has 1 aromatic heterocycles. The number of nitrogens with zero attached hydrogens (tertiary/aromatic N) is 4. The predicted molar refractivity (Wildman–Crippen MR) is 48.3 cm³/mol. The maximum Gasteiger partial charge on any atom is 0.279 e. The van der Waals surface area contributed by atoms with Crippen molar-refractivity contribution in [3.63, 3.8) is 0 Å². The van der Waals surface area contributed by atoms with E-state index in [0.29, 0.717) is 5.82 Å². The first-order valence-electron chi connectivity index (χ1n) is 3.86. The van der Waals surface area contributed by atoms with E-state index in [1.807, 2.05) is 0 Å². The lowest BCUT2D eigenvalue weighted by Crippen LogP contribution is -2.37. The summed E-state index contributed by atoms with van der Waals surface area (Å²) in [5.41, 5.74) is 0. The molecular weight excluding hydrogens is 208 g/mol. The second-order valence-corrected chi connectivity index (χ2v) is 4.81. The number of hydrogen-bond donors (Lipinski definition) is 2. The van der Waals surface area contributed by atoms with E-state index in [-0.39, 0.29) is 0 Å². The fourth-order valence-corrected chi connectivity index (χ4v) is 1.50. The van der Waals surface area contributed by atoms with Crippen LogP contribution >= 0.6 is 0 Å². The van der Waals surface area contributed by atoms with Crippen LogP contribution in [0.25, 0.3) is 0 Å². The van der Waals surface area contributed by atoms with Crippen molar-refractivity contribution in [2.45, 2.75) is 13.0 Å². The Morgan fingerprint density at radius 1 is 1.50 bits per heavy atom. The first-order chi connectivity index (χ1) is 6.43. The highest BCUT2D eigenvalue weighted by Gasteiger charge is 2.20. The summed E-state index contributed by atoms with van der Waals surface area (Å²) < 4.78 is 26.2. The van der Waals surface area contributed by atoms with Crippen molar-refractivity contribution in [2.75, 3.05) is 14.1 Å². The molecule has 1 atom stereocenters. The van der Waals surface area contributed by atoms with Gasteiger partial charge in [0.05, 0.1) is 6.04 Å². The summed E-state index contributed by atoms with van der Waals surface area (Å²) in [5, 5.41) is 12.9. The molecule has 0 spiro atoms. The molecule has 9 heteroatoms. The summed E-state index contributed by atoms with van der Waals surface area (Å²) in [6, 6.07) is -0.513. The van der Waals surface area contributed by atoms with E-state index < -0.39 is 16.3 Å². The van der Waals surface area contributed by atoms with Crippen molar-refractivity contribution >= 4 is 10.2 Å². The first-order valence-corrected chi connectivity index (χ1v) is 5.30. The third-order valence-electron chi connectivity index (χ3n) is 1.56. The Bertz CT molecular complexity index is 371. The van der Waals surface area contributed by atoms with Crippen LogP contribution in [-0.4, -0.2) is 47.4 Å². The summed E-state index contributed by atoms with van der Waals surface area (Å²) in [5.74, 6) is 0.301. The Kier molecular flexibility index (Phi) is 3.13. The number of nitrogens with one attached hydrogen (secondary N) is 2. The average molecular weight is 220 g/mol. The molecule has 1 unspecified atom stereocenters. The lowest BCUT2D eigenvalue weighted by molar-refractivity contribution is 0.490. The molecular formula is C5H12N6O2S. The van der Waals surface area contributed by atoms with Crippen molar-refractivity contribution in [3.05, 3.63) is 5.82 Å². The van der Waals surface area contributed by atoms with Gasteiger partial charge in [-0.1, -0.05) is 5.21 Å². The SMILES string of the molecule is CC(NS(=O)(=O)N(C)C)c1nn[nH]n1. The Hall–Kier alpha value is -1.06. The molecule has 0 aliphatic heterocycles. The van der Waals surface area contributed by atoms with Gasteiger partial charge in [0.15, 0.2) is 5.82 Å². The Morgan fingerprint density at radius 3 is 2.57 bits per heavy atom. The molecule has 14 heavy (non-hydrogen) atoms. The number of H-pyrrole nitrogens is 1. The highest BCUT2D eigenvalue weighted by Crippen LogP contribution is 2.05. The van der Waals surface area contributed by atoms with Gasteiger partial charge in [-0.05, 0) is 6.92 Å². The summed E-state index contributed by atoms with van der Waals surface area (Å²) in [7, 11) is -0.590. The molecule has 2 N–H and O–H groups in total. The molecule has 0 fully saturated rings. The zero-order chi connectivity index (χ0) is 10.8. The highest BCUT2D eigenvalue weighted by molar-refractivity contribution is 7.87. The lowest BCUT2D eigenvalue weighted by Gasteiger charge is -2.15. The van der Waals surface area contributed by atoms with E-state index in [0.717, 1.165) is 4.31 Å². The fourth-order valence-electron chi connectivity index (χ4n) is 0.734. The minimum absolute atomic E-state index is 0.301. The number of hydrogen-bond acceptors (Lipinski definition) is 5. The fraction of sp³-hybridized carbons (Fsp3) is 0.800. The van der Waals surface area contributed by atoms with E-state index >= 15 is 0 Å². The van der Waals surface area contributed by atoms with Gasteiger partial charge >= 0.3 is 0 Å². The molecule has 8 nitrogen and oxygen atoms in total. The molecule has 0 saturated heterocycles. The second-order valence-electron chi connectivity index (χ2n) is 2.90. The van der Waals surface area contributed by atoms with Gasteiger partial charge in [-0.2, -0.15) is 22.7 Å². The Labute approximate surface area is 81.9 Å². The molecule has 1 aromatic rings. The van der Waals surface area contributed by atoms with Crippen LogP contribution in [0.5, 0.6) is 0 Å². The predicted octanol–water partition coefficient (Wildman–Crippen LogP) is -1.34. The minimum Gasteiger partial charge on any atom is -0.195 e. The van der Waals surface area contributed by atoms with Crippen molar-refractivity contribution in [3.8, 4) is 0 Å². The van der Waals surface area contributed by atoms with Gasteiger partial charge in [-0.3, -0.25) is 0 Å². The van der Waals surface area contributed by atoms with E-state index in [2.05, 4.69) is 25.3 Å². The van der Waals surface area contributed by atoms with Crippen molar-refractivity contribution in [1.82, 2.24) is 29.7 Å².